The van der Waals surface area contributed by atoms with Crippen molar-refractivity contribution in [2.45, 2.75) is 19.1 Å². The molecule has 0 bridgehead atoms. The maximum Gasteiger partial charge on any atom is 0.227 e. The number of rotatable bonds is 7. The molecule has 0 spiro atoms. The molecule has 0 saturated heterocycles. The SMILES string of the molecule is CN(C)CCCc1nn(C)cc1C(O)Oc1ccccc1. The number of ether oxygens (including phenoxy) is 1. The van der Waals surface area contributed by atoms with Gasteiger partial charge in [-0.25, -0.2) is 0 Å². The Labute approximate surface area is 125 Å². The van der Waals surface area contributed by atoms with Crippen LogP contribution in [-0.2, 0) is 13.5 Å². The molecule has 0 saturated carbocycles. The maximum absolute atomic E-state index is 10.3. The van der Waals surface area contributed by atoms with Crippen LogP contribution < -0.4 is 4.74 Å². The van der Waals surface area contributed by atoms with Gasteiger partial charge in [-0.15, -0.1) is 0 Å². The molecular weight excluding hydrogens is 266 g/mol. The first-order chi connectivity index (χ1) is 10.1. The summed E-state index contributed by atoms with van der Waals surface area (Å²) in [5.41, 5.74) is 1.63. The average Bonchev–Trinajstić information content (AvgIpc) is 2.81. The van der Waals surface area contributed by atoms with Crippen LogP contribution in [0.2, 0.25) is 0 Å². The number of aliphatic hydroxyl groups is 1. The summed E-state index contributed by atoms with van der Waals surface area (Å²) in [5, 5.41) is 14.7. The molecule has 5 nitrogen and oxygen atoms in total. The Balaban J connectivity index is 2.04. The van der Waals surface area contributed by atoms with Gasteiger partial charge in [0.05, 0.1) is 11.3 Å². The van der Waals surface area contributed by atoms with Gasteiger partial charge in [0.15, 0.2) is 0 Å². The third-order valence-corrected chi connectivity index (χ3v) is 3.21. The standard InChI is InChI=1S/C16H23N3O2/c1-18(2)11-7-10-15-14(12-19(3)17-15)16(20)21-13-8-5-4-6-9-13/h4-6,8-9,12,16,20H,7,10-11H2,1-3H3. The van der Waals surface area contributed by atoms with Crippen molar-refractivity contribution < 1.29 is 9.84 Å². The van der Waals surface area contributed by atoms with E-state index in [0.29, 0.717) is 5.75 Å². The minimum absolute atomic E-state index is 0.646. The summed E-state index contributed by atoms with van der Waals surface area (Å²) in [6.07, 6.45) is 2.65. The van der Waals surface area contributed by atoms with E-state index in [9.17, 15) is 5.11 Å². The zero-order valence-electron chi connectivity index (χ0n) is 12.9. The van der Waals surface area contributed by atoms with Crippen molar-refractivity contribution in [2.75, 3.05) is 20.6 Å². The Bertz CT molecular complexity index is 552. The van der Waals surface area contributed by atoms with E-state index in [2.05, 4.69) is 10.00 Å². The number of hydrogen-bond donors (Lipinski definition) is 1. The first-order valence-electron chi connectivity index (χ1n) is 7.13. The number of benzene rings is 1. The topological polar surface area (TPSA) is 50.5 Å². The van der Waals surface area contributed by atoms with Gasteiger partial charge in [0.25, 0.3) is 0 Å². The van der Waals surface area contributed by atoms with E-state index in [-0.39, 0.29) is 0 Å². The van der Waals surface area contributed by atoms with Crippen molar-refractivity contribution in [1.82, 2.24) is 14.7 Å². The molecule has 1 atom stereocenters. The third-order valence-electron chi connectivity index (χ3n) is 3.21. The van der Waals surface area contributed by atoms with E-state index < -0.39 is 6.29 Å². The van der Waals surface area contributed by atoms with Crippen LogP contribution in [0.3, 0.4) is 0 Å². The highest BCUT2D eigenvalue weighted by atomic mass is 16.6. The highest BCUT2D eigenvalue weighted by molar-refractivity contribution is 5.24. The summed E-state index contributed by atoms with van der Waals surface area (Å²) in [4.78, 5) is 2.14. The zero-order valence-corrected chi connectivity index (χ0v) is 12.9. The Kier molecular flexibility index (Phi) is 5.36. The van der Waals surface area contributed by atoms with Crippen molar-refractivity contribution in [1.29, 1.82) is 0 Å². The molecule has 1 N–H and O–H groups in total. The summed E-state index contributed by atoms with van der Waals surface area (Å²) in [5.74, 6) is 0.646. The fraction of sp³-hybridized carbons (Fsp3) is 0.438. The maximum atomic E-state index is 10.3. The first kappa shape index (κ1) is 15.5. The second kappa shape index (κ2) is 7.24. The Morgan fingerprint density at radius 1 is 1.29 bits per heavy atom. The van der Waals surface area contributed by atoms with Crippen LogP contribution in [0.15, 0.2) is 36.5 Å². The molecule has 0 aliphatic rings. The molecule has 1 heterocycles. The van der Waals surface area contributed by atoms with Crippen LogP contribution in [-0.4, -0.2) is 40.4 Å². The van der Waals surface area contributed by atoms with E-state index in [1.54, 1.807) is 4.68 Å². The minimum atomic E-state index is -0.990. The van der Waals surface area contributed by atoms with Crippen LogP contribution in [0.1, 0.15) is 24.0 Å². The predicted octanol–water partition coefficient (Wildman–Crippen LogP) is 1.98. The molecule has 2 aromatic rings. The van der Waals surface area contributed by atoms with Gasteiger partial charge in [0.1, 0.15) is 5.75 Å². The lowest BCUT2D eigenvalue weighted by atomic mass is 10.1. The molecule has 5 heteroatoms. The molecule has 1 unspecified atom stereocenters. The van der Waals surface area contributed by atoms with Gasteiger partial charge >= 0.3 is 0 Å². The van der Waals surface area contributed by atoms with Crippen molar-refractivity contribution in [2.24, 2.45) is 7.05 Å². The van der Waals surface area contributed by atoms with Gasteiger partial charge in [-0.2, -0.15) is 5.10 Å². The fourth-order valence-electron chi connectivity index (χ4n) is 2.21. The lowest BCUT2D eigenvalue weighted by Crippen LogP contribution is -2.14. The number of aromatic nitrogens is 2. The van der Waals surface area contributed by atoms with Crippen LogP contribution >= 0.6 is 0 Å². The summed E-state index contributed by atoms with van der Waals surface area (Å²) in [7, 11) is 5.95. The molecule has 0 aliphatic carbocycles. The fourth-order valence-corrected chi connectivity index (χ4v) is 2.21. The second-order valence-electron chi connectivity index (χ2n) is 5.39. The van der Waals surface area contributed by atoms with E-state index in [0.717, 1.165) is 30.6 Å². The lowest BCUT2D eigenvalue weighted by Gasteiger charge is -2.14. The zero-order chi connectivity index (χ0) is 15.2. The largest absolute Gasteiger partial charge is 0.461 e. The molecule has 1 aromatic carbocycles. The summed E-state index contributed by atoms with van der Waals surface area (Å²) < 4.78 is 7.29. The molecule has 0 amide bonds. The van der Waals surface area contributed by atoms with Crippen molar-refractivity contribution in [3.8, 4) is 5.75 Å². The third kappa shape index (κ3) is 4.58. The second-order valence-corrected chi connectivity index (χ2v) is 5.39. The Morgan fingerprint density at radius 3 is 2.67 bits per heavy atom. The van der Waals surface area contributed by atoms with E-state index in [4.69, 9.17) is 4.74 Å². The van der Waals surface area contributed by atoms with Crippen LogP contribution in [0.4, 0.5) is 0 Å². The van der Waals surface area contributed by atoms with Crippen molar-refractivity contribution in [3.05, 3.63) is 47.8 Å². The van der Waals surface area contributed by atoms with Crippen molar-refractivity contribution in [3.63, 3.8) is 0 Å². The number of aliphatic hydroxyl groups excluding tert-OH is 1. The first-order valence-corrected chi connectivity index (χ1v) is 7.13. The van der Waals surface area contributed by atoms with Gasteiger partial charge in [-0.1, -0.05) is 18.2 Å². The lowest BCUT2D eigenvalue weighted by molar-refractivity contribution is -0.0201. The summed E-state index contributed by atoms with van der Waals surface area (Å²) >= 11 is 0. The van der Waals surface area contributed by atoms with Crippen LogP contribution in [0.25, 0.3) is 0 Å². The van der Waals surface area contributed by atoms with Gasteiger partial charge < -0.3 is 14.7 Å². The number of hydrogen-bond acceptors (Lipinski definition) is 4. The minimum Gasteiger partial charge on any atom is -0.461 e. The van der Waals surface area contributed by atoms with Gasteiger partial charge in [-0.3, -0.25) is 4.68 Å². The van der Waals surface area contributed by atoms with Crippen LogP contribution in [0, 0.1) is 0 Å². The smallest absolute Gasteiger partial charge is 0.227 e. The van der Waals surface area contributed by atoms with Crippen molar-refractivity contribution >= 4 is 0 Å². The Morgan fingerprint density at radius 2 is 2.00 bits per heavy atom. The quantitative estimate of drug-likeness (QED) is 0.792. The molecule has 0 aliphatic heterocycles. The molecule has 0 radical (unpaired) electrons. The molecule has 1 aromatic heterocycles. The monoisotopic (exact) mass is 289 g/mol. The predicted molar refractivity (Wildman–Crippen MR) is 82.1 cm³/mol. The van der Waals surface area contributed by atoms with Gasteiger partial charge in [0, 0.05) is 13.2 Å². The normalized spacial score (nSPS) is 12.6. The van der Waals surface area contributed by atoms with E-state index in [1.165, 1.54) is 0 Å². The summed E-state index contributed by atoms with van der Waals surface area (Å²) in [6, 6.07) is 9.32. The van der Waals surface area contributed by atoms with Gasteiger partial charge in [0.2, 0.25) is 6.29 Å². The Hall–Kier alpha value is -1.85. The highest BCUT2D eigenvalue weighted by Crippen LogP contribution is 2.22. The van der Waals surface area contributed by atoms with Crippen LogP contribution in [0.5, 0.6) is 5.75 Å². The number of nitrogens with zero attached hydrogens (tertiary/aromatic N) is 3. The van der Waals surface area contributed by atoms with Gasteiger partial charge in [-0.05, 0) is 45.6 Å². The van der Waals surface area contributed by atoms with E-state index >= 15 is 0 Å². The van der Waals surface area contributed by atoms with E-state index in [1.807, 2.05) is 57.7 Å². The highest BCUT2D eigenvalue weighted by Gasteiger charge is 2.17. The molecule has 21 heavy (non-hydrogen) atoms. The molecule has 2 rings (SSSR count). The number of aryl methyl sites for hydroxylation is 2. The average molecular weight is 289 g/mol. The molecule has 114 valence electrons. The molecule has 0 fully saturated rings. The molecular formula is C16H23N3O2. The summed E-state index contributed by atoms with van der Waals surface area (Å²) in [6.45, 7) is 0.992. The number of para-hydroxylation sites is 1.